The van der Waals surface area contributed by atoms with Crippen LogP contribution in [0.3, 0.4) is 0 Å². The number of thioether (sulfide) groups is 1. The summed E-state index contributed by atoms with van der Waals surface area (Å²) in [5, 5.41) is 4.37. The van der Waals surface area contributed by atoms with E-state index in [4.69, 9.17) is 4.74 Å². The lowest BCUT2D eigenvalue weighted by molar-refractivity contribution is -0.113. The number of ether oxygens (including phenoxy) is 1. The van der Waals surface area contributed by atoms with Crippen LogP contribution >= 0.6 is 23.1 Å². The Morgan fingerprint density at radius 2 is 2.19 bits per heavy atom. The Kier molecular flexibility index (Phi) is 6.37. The first kappa shape index (κ1) is 19.0. The molecule has 3 rings (SSSR count). The third-order valence-corrected chi connectivity index (χ3v) is 6.50. The van der Waals surface area contributed by atoms with Gasteiger partial charge in [0.05, 0.1) is 18.4 Å². The number of thiophene rings is 1. The van der Waals surface area contributed by atoms with Gasteiger partial charge in [-0.15, -0.1) is 11.3 Å². The van der Waals surface area contributed by atoms with Crippen molar-refractivity contribution in [3.63, 3.8) is 0 Å². The highest BCUT2D eigenvalue weighted by Crippen LogP contribution is 2.38. The van der Waals surface area contributed by atoms with Gasteiger partial charge in [-0.25, -0.2) is 9.78 Å². The van der Waals surface area contributed by atoms with E-state index in [2.05, 4.69) is 17.2 Å². The lowest BCUT2D eigenvalue weighted by atomic mass is 9.95. The molecule has 6 nitrogen and oxygen atoms in total. The van der Waals surface area contributed by atoms with Gasteiger partial charge < -0.3 is 14.6 Å². The van der Waals surface area contributed by atoms with Crippen molar-refractivity contribution in [1.82, 2.24) is 9.55 Å². The van der Waals surface area contributed by atoms with E-state index in [0.29, 0.717) is 10.6 Å². The molecule has 2 heterocycles. The van der Waals surface area contributed by atoms with Crippen molar-refractivity contribution in [2.45, 2.75) is 50.7 Å². The fourth-order valence-electron chi connectivity index (χ4n) is 3.11. The Morgan fingerprint density at radius 1 is 1.38 bits per heavy atom. The molecule has 0 aliphatic heterocycles. The topological polar surface area (TPSA) is 73.2 Å². The van der Waals surface area contributed by atoms with Crippen LogP contribution in [0.15, 0.2) is 17.6 Å². The summed E-state index contributed by atoms with van der Waals surface area (Å²) in [6.07, 6.45) is 8.71. The van der Waals surface area contributed by atoms with Gasteiger partial charge in [-0.05, 0) is 37.7 Å². The van der Waals surface area contributed by atoms with Gasteiger partial charge in [0, 0.05) is 23.8 Å². The van der Waals surface area contributed by atoms with Crippen LogP contribution in [0.4, 0.5) is 5.00 Å². The summed E-state index contributed by atoms with van der Waals surface area (Å²) in [5.41, 5.74) is 1.59. The number of methoxy groups -OCH3 is 1. The number of carbonyl (C=O) groups excluding carboxylic acids is 2. The van der Waals surface area contributed by atoms with Crippen LogP contribution in [-0.4, -0.2) is 34.3 Å². The number of hydrogen-bond acceptors (Lipinski definition) is 6. The number of esters is 1. The van der Waals surface area contributed by atoms with Gasteiger partial charge in [-0.2, -0.15) is 0 Å². The molecule has 1 aliphatic rings. The first-order chi connectivity index (χ1) is 12.6. The van der Waals surface area contributed by atoms with Crippen molar-refractivity contribution in [1.29, 1.82) is 0 Å². The number of imidazole rings is 1. The zero-order valence-corrected chi connectivity index (χ0v) is 16.7. The van der Waals surface area contributed by atoms with Gasteiger partial charge in [-0.3, -0.25) is 4.79 Å². The van der Waals surface area contributed by atoms with E-state index >= 15 is 0 Å². The lowest BCUT2D eigenvalue weighted by Gasteiger charge is -2.11. The maximum atomic E-state index is 12.4. The average Bonchev–Trinajstić information content (AvgIpc) is 3.23. The molecule has 1 amide bonds. The molecular weight excluding hydrogens is 370 g/mol. The van der Waals surface area contributed by atoms with Crippen molar-refractivity contribution in [3.8, 4) is 0 Å². The molecule has 0 saturated carbocycles. The van der Waals surface area contributed by atoms with Crippen molar-refractivity contribution in [2.24, 2.45) is 0 Å². The molecule has 1 aliphatic carbocycles. The van der Waals surface area contributed by atoms with E-state index in [-0.39, 0.29) is 17.6 Å². The van der Waals surface area contributed by atoms with Crippen LogP contribution < -0.4 is 5.32 Å². The largest absolute Gasteiger partial charge is 0.465 e. The van der Waals surface area contributed by atoms with Gasteiger partial charge in [0.25, 0.3) is 0 Å². The quantitative estimate of drug-likeness (QED) is 0.573. The van der Waals surface area contributed by atoms with E-state index < -0.39 is 0 Å². The second kappa shape index (κ2) is 8.73. The molecule has 2 aromatic heterocycles. The second-order valence-corrected chi connectivity index (χ2v) is 8.19. The van der Waals surface area contributed by atoms with E-state index in [0.717, 1.165) is 49.4 Å². The summed E-state index contributed by atoms with van der Waals surface area (Å²) in [7, 11) is 1.38. The fourth-order valence-corrected chi connectivity index (χ4v) is 5.19. The molecule has 0 fully saturated rings. The van der Waals surface area contributed by atoms with Crippen LogP contribution in [0.25, 0.3) is 0 Å². The van der Waals surface area contributed by atoms with E-state index in [9.17, 15) is 9.59 Å². The number of anilines is 1. The Morgan fingerprint density at radius 3 is 2.96 bits per heavy atom. The van der Waals surface area contributed by atoms with Crippen LogP contribution in [0, 0.1) is 0 Å². The highest BCUT2D eigenvalue weighted by atomic mass is 32.2. The maximum absolute atomic E-state index is 12.4. The number of hydrogen-bond donors (Lipinski definition) is 1. The van der Waals surface area contributed by atoms with Crippen LogP contribution in [0.5, 0.6) is 0 Å². The van der Waals surface area contributed by atoms with Crippen LogP contribution in [0.1, 0.15) is 47.0 Å². The minimum absolute atomic E-state index is 0.134. The van der Waals surface area contributed by atoms with E-state index in [1.54, 1.807) is 6.20 Å². The number of aromatic nitrogens is 2. The predicted octanol–water partition coefficient (Wildman–Crippen LogP) is 3.75. The van der Waals surface area contributed by atoms with Gasteiger partial charge in [0.2, 0.25) is 5.91 Å². The Labute approximate surface area is 161 Å². The zero-order chi connectivity index (χ0) is 18.5. The Hall–Kier alpha value is -1.80. The van der Waals surface area contributed by atoms with Gasteiger partial charge in [0.1, 0.15) is 5.00 Å². The smallest absolute Gasteiger partial charge is 0.341 e. The standard InChI is InChI=1S/C18H23N3O3S2/c1-3-9-21-10-8-19-18(21)25-11-14(22)20-16-15(17(23)24-2)12-6-4-5-7-13(12)26-16/h8,10H,3-7,9,11H2,1-2H3,(H,20,22). The minimum Gasteiger partial charge on any atom is -0.465 e. The summed E-state index contributed by atoms with van der Waals surface area (Å²) >= 11 is 2.91. The van der Waals surface area contributed by atoms with Gasteiger partial charge in [0.15, 0.2) is 5.16 Å². The number of nitrogens with zero attached hydrogens (tertiary/aromatic N) is 2. The third kappa shape index (κ3) is 4.12. The summed E-state index contributed by atoms with van der Waals surface area (Å²) in [5.74, 6) is -0.250. The monoisotopic (exact) mass is 393 g/mol. The number of fused-ring (bicyclic) bond motifs is 1. The second-order valence-electron chi connectivity index (χ2n) is 6.15. The molecule has 0 aromatic carbocycles. The van der Waals surface area contributed by atoms with Crippen molar-refractivity contribution in [3.05, 3.63) is 28.4 Å². The molecule has 0 radical (unpaired) electrons. The highest BCUT2D eigenvalue weighted by molar-refractivity contribution is 7.99. The van der Waals surface area contributed by atoms with Gasteiger partial charge in [-0.1, -0.05) is 18.7 Å². The molecule has 140 valence electrons. The van der Waals surface area contributed by atoms with Crippen LogP contribution in [-0.2, 0) is 28.9 Å². The number of amides is 1. The molecule has 1 N–H and O–H groups in total. The van der Waals surface area contributed by atoms with Crippen molar-refractivity contribution in [2.75, 3.05) is 18.2 Å². The zero-order valence-electron chi connectivity index (χ0n) is 15.0. The average molecular weight is 394 g/mol. The highest BCUT2D eigenvalue weighted by Gasteiger charge is 2.26. The van der Waals surface area contributed by atoms with Crippen molar-refractivity contribution >= 4 is 40.0 Å². The summed E-state index contributed by atoms with van der Waals surface area (Å²) in [6, 6.07) is 0. The molecule has 26 heavy (non-hydrogen) atoms. The fraction of sp³-hybridized carbons (Fsp3) is 0.500. The molecule has 2 aromatic rings. The first-order valence-corrected chi connectivity index (χ1v) is 10.6. The van der Waals surface area contributed by atoms with Gasteiger partial charge >= 0.3 is 5.97 Å². The predicted molar refractivity (Wildman–Crippen MR) is 104 cm³/mol. The summed E-state index contributed by atoms with van der Waals surface area (Å²) in [6.45, 7) is 2.99. The molecule has 8 heteroatoms. The number of carbonyl (C=O) groups is 2. The number of aryl methyl sites for hydroxylation is 2. The third-order valence-electron chi connectivity index (χ3n) is 4.29. The Balaban J connectivity index is 1.70. The SMILES string of the molecule is CCCn1ccnc1SCC(=O)Nc1sc2c(c1C(=O)OC)CCCC2. The summed E-state index contributed by atoms with van der Waals surface area (Å²) < 4.78 is 6.99. The van der Waals surface area contributed by atoms with E-state index in [1.165, 1.54) is 35.1 Å². The number of rotatable bonds is 7. The normalized spacial score (nSPS) is 13.3. The minimum atomic E-state index is -0.370. The molecule has 0 spiro atoms. The van der Waals surface area contributed by atoms with Crippen molar-refractivity contribution < 1.29 is 14.3 Å². The van der Waals surface area contributed by atoms with Crippen LogP contribution in [0.2, 0.25) is 0 Å². The first-order valence-electron chi connectivity index (χ1n) is 8.80. The molecule has 0 bridgehead atoms. The molecule has 0 unspecified atom stereocenters. The number of nitrogens with one attached hydrogen (secondary N) is 1. The lowest BCUT2D eigenvalue weighted by Crippen LogP contribution is -2.17. The molecule has 0 saturated heterocycles. The Bertz CT molecular complexity index is 798. The van der Waals surface area contributed by atoms with E-state index in [1.807, 2.05) is 10.8 Å². The molecule has 0 atom stereocenters. The maximum Gasteiger partial charge on any atom is 0.341 e. The summed E-state index contributed by atoms with van der Waals surface area (Å²) in [4.78, 5) is 30.2. The molecular formula is C18H23N3O3S2.